The summed E-state index contributed by atoms with van der Waals surface area (Å²) in [5.41, 5.74) is 0. The molecule has 0 N–H and O–H groups in total. The van der Waals surface area contributed by atoms with E-state index in [0.29, 0.717) is 0 Å². The molecule has 0 amide bonds. The second kappa shape index (κ2) is 23.3. The molecule has 0 rings (SSSR count). The van der Waals surface area contributed by atoms with Gasteiger partial charge in [0.1, 0.15) is 0 Å². The first-order valence-electron chi connectivity index (χ1n) is 5.73. The Morgan fingerprint density at radius 2 is 1.50 bits per heavy atom. The van der Waals surface area contributed by atoms with Crippen molar-refractivity contribution in [1.29, 1.82) is 0 Å². The van der Waals surface area contributed by atoms with E-state index in [1.807, 2.05) is 6.08 Å². The molecule has 1 heteroatoms. The van der Waals surface area contributed by atoms with Crippen LogP contribution in [0.15, 0.2) is 12.7 Å². The zero-order chi connectivity index (χ0) is 10.4. The number of hydrogen-bond donors (Lipinski definition) is 0. The Morgan fingerprint density at radius 3 is 1.86 bits per heavy atom. The number of hydrogen-bond acceptors (Lipinski definition) is 0. The van der Waals surface area contributed by atoms with Crippen LogP contribution in [-0.2, 0) is 0 Å². The molecule has 0 atom stereocenters. The predicted octanol–water partition coefficient (Wildman–Crippen LogP) is 2.16. The molecule has 0 radical (unpaired) electrons. The van der Waals surface area contributed by atoms with Crippen molar-refractivity contribution in [3.63, 3.8) is 0 Å². The minimum Gasteiger partial charge on any atom is -0.343 e. The summed E-state index contributed by atoms with van der Waals surface area (Å²) in [6.07, 6.45) is 12.4. The van der Waals surface area contributed by atoms with Crippen LogP contribution in [0.4, 0.5) is 0 Å². The smallest absolute Gasteiger partial charge is 0.343 e. The number of unbranched alkanes of at least 4 members (excludes halogenated alkanes) is 6. The molecule has 0 nitrogen and oxygen atoms in total. The fourth-order valence-electron chi connectivity index (χ4n) is 0.892. The molecular weight excluding hydrogens is 163 g/mol. The summed E-state index contributed by atoms with van der Waals surface area (Å²) in [7, 11) is 0. The molecule has 0 unspecified atom stereocenters. The van der Waals surface area contributed by atoms with Gasteiger partial charge in [-0.05, 0) is 12.8 Å². The van der Waals surface area contributed by atoms with E-state index in [9.17, 15) is 0 Å². The van der Waals surface area contributed by atoms with Gasteiger partial charge in [-0.2, -0.15) is 6.42 Å². The van der Waals surface area contributed by atoms with Gasteiger partial charge in [0.2, 0.25) is 0 Å². The zero-order valence-electron chi connectivity index (χ0n) is 10.6. The normalized spacial score (nSPS) is 8.21. The van der Waals surface area contributed by atoms with Crippen LogP contribution >= 0.6 is 0 Å². The maximum absolute atomic E-state index is 3.68. The molecule has 0 saturated carbocycles. The van der Waals surface area contributed by atoms with E-state index < -0.39 is 0 Å². The Balaban J connectivity index is -0.000000209. The molecule has 0 aliphatic rings. The average molecular weight is 190 g/mol. The van der Waals surface area contributed by atoms with Crippen molar-refractivity contribution in [2.75, 3.05) is 0 Å². The SMILES string of the molecule is C=CCCCCCCC.[CH2-]CCC.[Li+]. The van der Waals surface area contributed by atoms with E-state index in [2.05, 4.69) is 27.4 Å². The first-order valence-corrected chi connectivity index (χ1v) is 5.73. The van der Waals surface area contributed by atoms with Crippen LogP contribution in [0.1, 0.15) is 65.2 Å². The number of allylic oxidation sites excluding steroid dienone is 1. The molecule has 0 heterocycles. The van der Waals surface area contributed by atoms with E-state index in [1.165, 1.54) is 44.9 Å². The number of rotatable bonds is 7. The Morgan fingerprint density at radius 1 is 1.00 bits per heavy atom. The van der Waals surface area contributed by atoms with Gasteiger partial charge in [-0.25, -0.2) is 0 Å². The topological polar surface area (TPSA) is 0 Å². The molecule has 0 fully saturated rings. The molecule has 80 valence electrons. The quantitative estimate of drug-likeness (QED) is 0.250. The molecule has 14 heavy (non-hydrogen) atoms. The van der Waals surface area contributed by atoms with Gasteiger partial charge in [-0.15, -0.1) is 6.58 Å². The van der Waals surface area contributed by atoms with Crippen molar-refractivity contribution in [2.24, 2.45) is 0 Å². The molecule has 0 spiro atoms. The minimum absolute atomic E-state index is 0. The Bertz CT molecular complexity index is 77.3. The van der Waals surface area contributed by atoms with E-state index in [4.69, 9.17) is 0 Å². The third-order valence-electron chi connectivity index (χ3n) is 1.87. The van der Waals surface area contributed by atoms with Gasteiger partial charge in [0.25, 0.3) is 0 Å². The zero-order valence-corrected chi connectivity index (χ0v) is 10.6. The van der Waals surface area contributed by atoms with Gasteiger partial charge in [0.05, 0.1) is 0 Å². The third-order valence-corrected chi connectivity index (χ3v) is 1.87. The van der Waals surface area contributed by atoms with Crippen LogP contribution in [0.3, 0.4) is 0 Å². The summed E-state index contributed by atoms with van der Waals surface area (Å²) < 4.78 is 0. The Labute approximate surface area is 104 Å². The van der Waals surface area contributed by atoms with Gasteiger partial charge < -0.3 is 6.92 Å². The monoisotopic (exact) mass is 190 g/mol. The molecule has 0 aliphatic carbocycles. The van der Waals surface area contributed by atoms with E-state index in [-0.39, 0.29) is 18.9 Å². The van der Waals surface area contributed by atoms with Crippen LogP contribution in [0.2, 0.25) is 0 Å². The summed E-state index contributed by atoms with van der Waals surface area (Å²) in [4.78, 5) is 0. The second-order valence-electron chi connectivity index (χ2n) is 3.35. The van der Waals surface area contributed by atoms with Crippen LogP contribution < -0.4 is 18.9 Å². The first-order chi connectivity index (χ1) is 6.33. The Hall–Kier alpha value is 0.337. The molecule has 0 aromatic rings. The van der Waals surface area contributed by atoms with Crippen molar-refractivity contribution in [2.45, 2.75) is 65.2 Å². The largest absolute Gasteiger partial charge is 1.00 e. The van der Waals surface area contributed by atoms with E-state index in [0.717, 1.165) is 6.42 Å². The van der Waals surface area contributed by atoms with Gasteiger partial charge in [-0.3, -0.25) is 0 Å². The van der Waals surface area contributed by atoms with Gasteiger partial charge in [0.15, 0.2) is 0 Å². The van der Waals surface area contributed by atoms with Crippen molar-refractivity contribution in [3.05, 3.63) is 19.6 Å². The predicted molar refractivity (Wildman–Crippen MR) is 63.8 cm³/mol. The fourth-order valence-corrected chi connectivity index (χ4v) is 0.892. The van der Waals surface area contributed by atoms with Crippen LogP contribution in [0, 0.1) is 6.92 Å². The van der Waals surface area contributed by atoms with Crippen LogP contribution in [0.25, 0.3) is 0 Å². The molecule has 0 aromatic carbocycles. The summed E-state index contributed by atoms with van der Waals surface area (Å²) in [5, 5.41) is 0. The fraction of sp³-hybridized carbons (Fsp3) is 0.769. The van der Waals surface area contributed by atoms with Crippen LogP contribution in [0.5, 0.6) is 0 Å². The van der Waals surface area contributed by atoms with Crippen molar-refractivity contribution in [3.8, 4) is 0 Å². The van der Waals surface area contributed by atoms with Crippen molar-refractivity contribution >= 4 is 0 Å². The van der Waals surface area contributed by atoms with Crippen LogP contribution in [-0.4, -0.2) is 0 Å². The van der Waals surface area contributed by atoms with Crippen molar-refractivity contribution < 1.29 is 18.9 Å². The second-order valence-corrected chi connectivity index (χ2v) is 3.35. The van der Waals surface area contributed by atoms with E-state index >= 15 is 0 Å². The average Bonchev–Trinajstić information content (AvgIpc) is 2.18. The van der Waals surface area contributed by atoms with Crippen molar-refractivity contribution in [1.82, 2.24) is 0 Å². The minimum atomic E-state index is 0. The maximum Gasteiger partial charge on any atom is 1.00 e. The molecule has 0 aliphatic heterocycles. The summed E-state index contributed by atoms with van der Waals surface area (Å²) in [6, 6.07) is 0. The van der Waals surface area contributed by atoms with Gasteiger partial charge in [0, 0.05) is 0 Å². The molecule has 0 bridgehead atoms. The summed E-state index contributed by atoms with van der Waals surface area (Å²) >= 11 is 0. The third kappa shape index (κ3) is 29.5. The Kier molecular flexibility index (Phi) is 33.0. The summed E-state index contributed by atoms with van der Waals surface area (Å²) in [5.74, 6) is 0. The first kappa shape index (κ1) is 19.8. The standard InChI is InChI=1S/C9H18.C4H9.Li/c1-3-5-7-9-8-6-4-2;1-3-4-2;/h3H,1,4-9H2,2H3;1,3-4H2,2H3;/q;-1;+1. The van der Waals surface area contributed by atoms with Gasteiger partial charge >= 0.3 is 18.9 Å². The summed E-state index contributed by atoms with van der Waals surface area (Å²) in [6.45, 7) is 11.6. The maximum atomic E-state index is 3.68. The molecule has 0 saturated heterocycles. The van der Waals surface area contributed by atoms with Gasteiger partial charge in [-0.1, -0.05) is 52.0 Å². The molecule has 0 aromatic heterocycles. The molecular formula is C13H27Li. The van der Waals surface area contributed by atoms with E-state index in [1.54, 1.807) is 0 Å².